The highest BCUT2D eigenvalue weighted by molar-refractivity contribution is 14.1. The summed E-state index contributed by atoms with van der Waals surface area (Å²) in [7, 11) is -3.22. The lowest BCUT2D eigenvalue weighted by Gasteiger charge is -2.15. The number of rotatable bonds is 3. The molecule has 0 aromatic heterocycles. The van der Waals surface area contributed by atoms with Gasteiger partial charge in [-0.25, -0.2) is 8.42 Å². The van der Waals surface area contributed by atoms with Crippen molar-refractivity contribution < 1.29 is 8.42 Å². The molecule has 1 aliphatic heterocycles. The first-order chi connectivity index (χ1) is 7.99. The summed E-state index contributed by atoms with van der Waals surface area (Å²) in [6, 6.07) is 4.88. The third-order valence-corrected chi connectivity index (χ3v) is 5.49. The van der Waals surface area contributed by atoms with Gasteiger partial charge in [0.05, 0.1) is 4.90 Å². The molecule has 1 aromatic rings. The number of sulfone groups is 1. The van der Waals surface area contributed by atoms with Crippen LogP contribution in [0.2, 0.25) is 0 Å². The number of nitrogens with two attached hydrogens (primary N) is 1. The lowest BCUT2D eigenvalue weighted by atomic mass is 10.3. The molecule has 1 aromatic carbocycles. The molecule has 1 heterocycles. The van der Waals surface area contributed by atoms with E-state index < -0.39 is 9.84 Å². The number of hydrogen-bond donors (Lipinski definition) is 1. The lowest BCUT2D eigenvalue weighted by molar-refractivity contribution is 0.388. The maximum absolute atomic E-state index is 12.2. The van der Waals surface area contributed by atoms with E-state index in [-0.39, 0.29) is 5.88 Å². The van der Waals surface area contributed by atoms with Crippen LogP contribution < -0.4 is 5.73 Å². The molecule has 2 rings (SSSR count). The summed E-state index contributed by atoms with van der Waals surface area (Å²) in [4.78, 5) is 2.35. The predicted molar refractivity (Wildman–Crippen MR) is 76.4 cm³/mol. The maximum atomic E-state index is 12.2. The summed E-state index contributed by atoms with van der Waals surface area (Å²) in [6.07, 6.45) is 2.18. The predicted octanol–water partition coefficient (Wildman–Crippen LogP) is 1.70. The van der Waals surface area contributed by atoms with E-state index in [1.807, 2.05) is 4.90 Å². The molecule has 0 aliphatic carbocycles. The second-order valence-electron chi connectivity index (χ2n) is 4.25. The summed E-state index contributed by atoms with van der Waals surface area (Å²) in [5, 5.41) is 0. The van der Waals surface area contributed by atoms with Gasteiger partial charge in [-0.2, -0.15) is 0 Å². The van der Waals surface area contributed by atoms with Gasteiger partial charge in [0.15, 0.2) is 9.84 Å². The first-order valence-electron chi connectivity index (χ1n) is 5.49. The number of halogens is 1. The van der Waals surface area contributed by atoms with E-state index in [0.29, 0.717) is 10.6 Å². The Hall–Kier alpha value is -0.340. The van der Waals surface area contributed by atoms with Crippen LogP contribution in [0.25, 0.3) is 0 Å². The Morgan fingerprint density at radius 2 is 1.94 bits per heavy atom. The van der Waals surface area contributed by atoms with Crippen molar-refractivity contribution in [1.82, 2.24) is 4.90 Å². The van der Waals surface area contributed by atoms with E-state index in [9.17, 15) is 8.42 Å². The van der Waals surface area contributed by atoms with Crippen molar-refractivity contribution >= 4 is 38.1 Å². The van der Waals surface area contributed by atoms with E-state index in [0.717, 1.165) is 29.5 Å². The van der Waals surface area contributed by atoms with Crippen LogP contribution in [-0.4, -0.2) is 32.3 Å². The van der Waals surface area contributed by atoms with Crippen LogP contribution in [0, 0.1) is 3.57 Å². The summed E-state index contributed by atoms with van der Waals surface area (Å²) in [5.41, 5.74) is 6.30. The van der Waals surface area contributed by atoms with Crippen molar-refractivity contribution in [3.05, 3.63) is 21.8 Å². The third-order valence-electron chi connectivity index (χ3n) is 2.88. The van der Waals surface area contributed by atoms with Crippen molar-refractivity contribution in [2.75, 3.05) is 24.7 Å². The molecule has 0 atom stereocenters. The number of likely N-dealkylation sites (tertiary alicyclic amines) is 1. The van der Waals surface area contributed by atoms with Crippen molar-refractivity contribution in [2.45, 2.75) is 17.7 Å². The fourth-order valence-electron chi connectivity index (χ4n) is 1.93. The zero-order valence-corrected chi connectivity index (χ0v) is 12.4. The number of benzene rings is 1. The molecule has 0 spiro atoms. The first kappa shape index (κ1) is 13.1. The van der Waals surface area contributed by atoms with Crippen LogP contribution in [0.4, 0.5) is 5.69 Å². The lowest BCUT2D eigenvalue weighted by Crippen LogP contribution is -2.27. The minimum absolute atomic E-state index is 0.118. The minimum Gasteiger partial charge on any atom is -0.398 e. The Morgan fingerprint density at radius 1 is 1.29 bits per heavy atom. The molecule has 1 saturated heterocycles. The molecule has 6 heteroatoms. The van der Waals surface area contributed by atoms with E-state index in [2.05, 4.69) is 22.6 Å². The Bertz CT molecular complexity index is 510. The average molecular weight is 366 g/mol. The second kappa shape index (κ2) is 5.11. The average Bonchev–Trinajstić information content (AvgIpc) is 2.73. The molecular formula is C11H15IN2O2S. The Balaban J connectivity index is 2.21. The zero-order valence-electron chi connectivity index (χ0n) is 9.39. The van der Waals surface area contributed by atoms with Crippen LogP contribution in [0.3, 0.4) is 0 Å². The molecule has 0 unspecified atom stereocenters. The van der Waals surface area contributed by atoms with E-state index in [1.165, 1.54) is 0 Å². The topological polar surface area (TPSA) is 63.4 Å². The van der Waals surface area contributed by atoms with Gasteiger partial charge in [-0.15, -0.1) is 0 Å². The molecule has 1 fully saturated rings. The van der Waals surface area contributed by atoms with Crippen LogP contribution in [0.5, 0.6) is 0 Å². The highest BCUT2D eigenvalue weighted by Gasteiger charge is 2.22. The van der Waals surface area contributed by atoms with Crippen LogP contribution in [0.1, 0.15) is 12.8 Å². The van der Waals surface area contributed by atoms with Crippen LogP contribution in [-0.2, 0) is 9.84 Å². The van der Waals surface area contributed by atoms with E-state index >= 15 is 0 Å². The van der Waals surface area contributed by atoms with E-state index in [1.54, 1.807) is 18.2 Å². The molecule has 0 radical (unpaired) electrons. The number of nitrogens with zero attached hydrogens (tertiary/aromatic N) is 1. The van der Waals surface area contributed by atoms with Crippen molar-refractivity contribution in [3.8, 4) is 0 Å². The van der Waals surface area contributed by atoms with Gasteiger partial charge in [0, 0.05) is 9.26 Å². The number of anilines is 1. The molecular weight excluding hydrogens is 351 g/mol. The smallest absolute Gasteiger partial charge is 0.191 e. The standard InChI is InChI=1S/C11H15IN2O2S/c12-10-7-9(3-4-11(10)13)17(15,16)8-14-5-1-2-6-14/h3-4,7H,1-2,5-6,8,13H2. The molecule has 1 aliphatic rings. The van der Waals surface area contributed by atoms with Gasteiger partial charge in [-0.05, 0) is 66.7 Å². The van der Waals surface area contributed by atoms with Gasteiger partial charge in [0.1, 0.15) is 5.88 Å². The molecule has 17 heavy (non-hydrogen) atoms. The van der Waals surface area contributed by atoms with Crippen LogP contribution in [0.15, 0.2) is 23.1 Å². The summed E-state index contributed by atoms with van der Waals surface area (Å²) < 4.78 is 25.1. The molecule has 2 N–H and O–H groups in total. The van der Waals surface area contributed by atoms with Gasteiger partial charge in [0.25, 0.3) is 0 Å². The molecule has 4 nitrogen and oxygen atoms in total. The number of hydrogen-bond acceptors (Lipinski definition) is 4. The van der Waals surface area contributed by atoms with E-state index in [4.69, 9.17) is 5.73 Å². The zero-order chi connectivity index (χ0) is 12.5. The molecule has 0 bridgehead atoms. The minimum atomic E-state index is -3.22. The van der Waals surface area contributed by atoms with Gasteiger partial charge in [-0.1, -0.05) is 0 Å². The highest BCUT2D eigenvalue weighted by Crippen LogP contribution is 2.21. The van der Waals surface area contributed by atoms with Gasteiger partial charge in [-0.3, -0.25) is 4.90 Å². The quantitative estimate of drug-likeness (QED) is 0.654. The van der Waals surface area contributed by atoms with Gasteiger partial charge in [0.2, 0.25) is 0 Å². The summed E-state index contributed by atoms with van der Waals surface area (Å²) in [5.74, 6) is 0.118. The second-order valence-corrected chi connectivity index (χ2v) is 7.37. The SMILES string of the molecule is Nc1ccc(S(=O)(=O)CN2CCCC2)cc1I. The fraction of sp³-hybridized carbons (Fsp3) is 0.455. The number of nitrogen functional groups attached to an aromatic ring is 1. The van der Waals surface area contributed by atoms with Crippen molar-refractivity contribution in [3.63, 3.8) is 0 Å². The Labute approximate surface area is 115 Å². The van der Waals surface area contributed by atoms with Gasteiger partial charge < -0.3 is 5.73 Å². The summed E-state index contributed by atoms with van der Waals surface area (Å²) in [6.45, 7) is 1.76. The highest BCUT2D eigenvalue weighted by atomic mass is 127. The van der Waals surface area contributed by atoms with Crippen molar-refractivity contribution in [2.24, 2.45) is 0 Å². The summed E-state index contributed by atoms with van der Waals surface area (Å²) >= 11 is 2.05. The van der Waals surface area contributed by atoms with Gasteiger partial charge >= 0.3 is 0 Å². The monoisotopic (exact) mass is 366 g/mol. The Kier molecular flexibility index (Phi) is 3.94. The molecule has 94 valence electrons. The molecule has 0 amide bonds. The maximum Gasteiger partial charge on any atom is 0.191 e. The third kappa shape index (κ3) is 3.11. The fourth-order valence-corrected chi connectivity index (χ4v) is 4.12. The first-order valence-corrected chi connectivity index (χ1v) is 8.22. The molecule has 0 saturated carbocycles. The largest absolute Gasteiger partial charge is 0.398 e. The normalized spacial score (nSPS) is 17.5. The Morgan fingerprint density at radius 3 is 2.53 bits per heavy atom. The van der Waals surface area contributed by atoms with Crippen molar-refractivity contribution in [1.29, 1.82) is 0 Å². The van der Waals surface area contributed by atoms with Crippen LogP contribution >= 0.6 is 22.6 Å².